The van der Waals surface area contributed by atoms with Crippen molar-refractivity contribution < 1.29 is 29.0 Å². The molecule has 0 spiro atoms. The summed E-state index contributed by atoms with van der Waals surface area (Å²) in [4.78, 5) is 38.4. The fourth-order valence-corrected chi connectivity index (χ4v) is 3.65. The first-order chi connectivity index (χ1) is 17.6. The SMILES string of the molecule is C=CC[C@H](CC(=O)NCCOCCO)C(=O)N[C@H](COC(=O)[C@H](CC=C)Cc1ccccc1)C(C)(C)C. The summed E-state index contributed by atoms with van der Waals surface area (Å²) in [6.45, 7) is 14.1. The van der Waals surface area contributed by atoms with Crippen molar-refractivity contribution in [2.24, 2.45) is 17.3 Å². The minimum atomic E-state index is -0.608. The molecular weight excluding hydrogens is 472 g/mol. The third-order valence-electron chi connectivity index (χ3n) is 5.92. The molecule has 3 N–H and O–H groups in total. The minimum Gasteiger partial charge on any atom is -0.463 e. The van der Waals surface area contributed by atoms with Gasteiger partial charge >= 0.3 is 5.97 Å². The fraction of sp³-hybridized carbons (Fsp3) is 0.552. The van der Waals surface area contributed by atoms with E-state index in [1.165, 1.54) is 0 Å². The maximum absolute atomic E-state index is 13.1. The molecule has 8 nitrogen and oxygen atoms in total. The van der Waals surface area contributed by atoms with Gasteiger partial charge < -0.3 is 25.2 Å². The number of hydrogen-bond acceptors (Lipinski definition) is 6. The van der Waals surface area contributed by atoms with Crippen LogP contribution in [0.4, 0.5) is 0 Å². The monoisotopic (exact) mass is 516 g/mol. The Morgan fingerprint density at radius 1 is 1.03 bits per heavy atom. The van der Waals surface area contributed by atoms with E-state index in [9.17, 15) is 14.4 Å². The Kier molecular flexibility index (Phi) is 15.1. The summed E-state index contributed by atoms with van der Waals surface area (Å²) in [5.41, 5.74) is 0.645. The van der Waals surface area contributed by atoms with Gasteiger partial charge in [0.25, 0.3) is 0 Å². The number of aliphatic hydroxyl groups is 1. The second kappa shape index (κ2) is 17.5. The maximum Gasteiger partial charge on any atom is 0.309 e. The summed E-state index contributed by atoms with van der Waals surface area (Å²) in [7, 11) is 0. The van der Waals surface area contributed by atoms with Gasteiger partial charge in [-0.2, -0.15) is 0 Å². The molecule has 0 heterocycles. The van der Waals surface area contributed by atoms with Crippen LogP contribution in [0.3, 0.4) is 0 Å². The Bertz CT molecular complexity index is 850. The van der Waals surface area contributed by atoms with Gasteiger partial charge in [-0.3, -0.25) is 14.4 Å². The normalized spacial score (nSPS) is 13.6. The average molecular weight is 517 g/mol. The summed E-state index contributed by atoms with van der Waals surface area (Å²) >= 11 is 0. The second-order valence-electron chi connectivity index (χ2n) is 10.1. The zero-order valence-corrected chi connectivity index (χ0v) is 22.5. The molecule has 1 aromatic rings. The van der Waals surface area contributed by atoms with E-state index in [2.05, 4.69) is 23.8 Å². The molecule has 0 aliphatic rings. The largest absolute Gasteiger partial charge is 0.463 e. The van der Waals surface area contributed by atoms with Crippen molar-refractivity contribution in [1.29, 1.82) is 0 Å². The van der Waals surface area contributed by atoms with E-state index in [1.807, 2.05) is 51.1 Å². The lowest BCUT2D eigenvalue weighted by Crippen LogP contribution is -2.49. The molecule has 2 amide bonds. The van der Waals surface area contributed by atoms with Gasteiger partial charge in [-0.15, -0.1) is 13.2 Å². The van der Waals surface area contributed by atoms with E-state index in [0.717, 1.165) is 5.56 Å². The molecule has 3 atom stereocenters. The highest BCUT2D eigenvalue weighted by molar-refractivity contribution is 5.86. The molecule has 1 aromatic carbocycles. The van der Waals surface area contributed by atoms with Crippen molar-refractivity contribution in [2.45, 2.75) is 52.5 Å². The minimum absolute atomic E-state index is 0.00696. The number of benzene rings is 1. The lowest BCUT2D eigenvalue weighted by molar-refractivity contribution is -0.150. The van der Waals surface area contributed by atoms with Crippen molar-refractivity contribution in [2.75, 3.05) is 33.0 Å². The van der Waals surface area contributed by atoms with Crippen molar-refractivity contribution in [3.8, 4) is 0 Å². The van der Waals surface area contributed by atoms with Gasteiger partial charge in [-0.25, -0.2) is 0 Å². The van der Waals surface area contributed by atoms with Gasteiger partial charge in [0.1, 0.15) is 6.61 Å². The number of aliphatic hydroxyl groups excluding tert-OH is 1. The van der Waals surface area contributed by atoms with E-state index in [0.29, 0.717) is 19.3 Å². The highest BCUT2D eigenvalue weighted by Gasteiger charge is 2.31. The standard InChI is InChI=1S/C29H44N2O6/c1-6-11-23(20-26(33)30-15-17-36-18-16-32)27(34)31-25(29(3,4)5)21-37-28(35)24(12-7-2)19-22-13-9-8-10-14-22/h6-10,13-14,23-25,32H,1-2,11-12,15-21H2,3-5H3,(H,30,33)(H,31,34)/t23-,24-,25-/m1/s1. The molecule has 8 heteroatoms. The number of allylic oxidation sites excluding steroid dienone is 2. The van der Waals surface area contributed by atoms with Crippen LogP contribution in [0.15, 0.2) is 55.6 Å². The number of ether oxygens (including phenoxy) is 2. The molecule has 0 aromatic heterocycles. The molecule has 206 valence electrons. The fourth-order valence-electron chi connectivity index (χ4n) is 3.65. The van der Waals surface area contributed by atoms with Gasteiger partial charge in [-0.1, -0.05) is 63.3 Å². The van der Waals surface area contributed by atoms with Crippen LogP contribution < -0.4 is 10.6 Å². The van der Waals surface area contributed by atoms with Crippen molar-refractivity contribution >= 4 is 17.8 Å². The quantitative estimate of drug-likeness (QED) is 0.157. The highest BCUT2D eigenvalue weighted by atomic mass is 16.5. The van der Waals surface area contributed by atoms with Crippen LogP contribution in [-0.4, -0.2) is 61.9 Å². The topological polar surface area (TPSA) is 114 Å². The Morgan fingerprint density at radius 3 is 2.27 bits per heavy atom. The number of carbonyl (C=O) groups is 3. The molecule has 0 fully saturated rings. The van der Waals surface area contributed by atoms with Crippen LogP contribution in [0.2, 0.25) is 0 Å². The molecule has 0 radical (unpaired) electrons. The molecule has 0 aliphatic carbocycles. The molecule has 0 saturated heterocycles. The van der Waals surface area contributed by atoms with Crippen LogP contribution in [0.1, 0.15) is 45.6 Å². The first-order valence-electron chi connectivity index (χ1n) is 12.8. The number of nitrogens with one attached hydrogen (secondary N) is 2. The van der Waals surface area contributed by atoms with Crippen LogP contribution in [0.5, 0.6) is 0 Å². The van der Waals surface area contributed by atoms with Crippen molar-refractivity contribution in [3.63, 3.8) is 0 Å². The molecule has 0 bridgehead atoms. The van der Waals surface area contributed by atoms with Crippen LogP contribution in [-0.2, 0) is 30.3 Å². The van der Waals surface area contributed by atoms with E-state index >= 15 is 0 Å². The molecular formula is C29H44N2O6. The highest BCUT2D eigenvalue weighted by Crippen LogP contribution is 2.22. The van der Waals surface area contributed by atoms with E-state index in [4.69, 9.17) is 14.6 Å². The summed E-state index contributed by atoms with van der Waals surface area (Å²) in [5.74, 6) is -1.88. The first kappa shape index (κ1) is 32.1. The van der Waals surface area contributed by atoms with E-state index < -0.39 is 17.4 Å². The lowest BCUT2D eigenvalue weighted by atomic mass is 9.86. The van der Waals surface area contributed by atoms with Crippen molar-refractivity contribution in [1.82, 2.24) is 10.6 Å². The van der Waals surface area contributed by atoms with Gasteiger partial charge in [0.2, 0.25) is 11.8 Å². The zero-order valence-electron chi connectivity index (χ0n) is 22.5. The smallest absolute Gasteiger partial charge is 0.309 e. The van der Waals surface area contributed by atoms with Crippen LogP contribution in [0, 0.1) is 17.3 Å². The molecule has 37 heavy (non-hydrogen) atoms. The average Bonchev–Trinajstić information content (AvgIpc) is 2.85. The Morgan fingerprint density at radius 2 is 1.68 bits per heavy atom. The molecule has 1 rings (SSSR count). The van der Waals surface area contributed by atoms with Crippen LogP contribution >= 0.6 is 0 Å². The predicted molar refractivity (Wildman–Crippen MR) is 145 cm³/mol. The van der Waals surface area contributed by atoms with Gasteiger partial charge in [-0.05, 0) is 30.2 Å². The predicted octanol–water partition coefficient (Wildman–Crippen LogP) is 3.20. The number of carbonyl (C=O) groups excluding carboxylic acids is 3. The number of rotatable bonds is 18. The summed E-state index contributed by atoms with van der Waals surface area (Å²) in [6.07, 6.45) is 4.67. The summed E-state index contributed by atoms with van der Waals surface area (Å²) in [5, 5.41) is 14.4. The first-order valence-corrected chi connectivity index (χ1v) is 12.8. The number of hydrogen-bond donors (Lipinski definition) is 3. The zero-order chi connectivity index (χ0) is 27.7. The third kappa shape index (κ3) is 13.2. The van der Waals surface area contributed by atoms with Gasteiger partial charge in [0.05, 0.1) is 37.7 Å². The Hall–Kier alpha value is -2.97. The Balaban J connectivity index is 2.75. The second-order valence-corrected chi connectivity index (χ2v) is 10.1. The lowest BCUT2D eigenvalue weighted by Gasteiger charge is -2.32. The number of esters is 1. The molecule has 0 saturated carbocycles. The molecule has 0 aliphatic heterocycles. The third-order valence-corrected chi connectivity index (χ3v) is 5.92. The molecule has 0 unspecified atom stereocenters. The van der Waals surface area contributed by atoms with Crippen molar-refractivity contribution in [3.05, 3.63) is 61.2 Å². The summed E-state index contributed by atoms with van der Waals surface area (Å²) in [6, 6.07) is 9.29. The van der Waals surface area contributed by atoms with Gasteiger partial charge in [0.15, 0.2) is 0 Å². The Labute approximate surface area is 221 Å². The van der Waals surface area contributed by atoms with Gasteiger partial charge in [0, 0.05) is 13.0 Å². The maximum atomic E-state index is 13.1. The van der Waals surface area contributed by atoms with E-state index in [-0.39, 0.29) is 63.1 Å². The summed E-state index contributed by atoms with van der Waals surface area (Å²) < 4.78 is 10.8. The van der Waals surface area contributed by atoms with Crippen LogP contribution in [0.25, 0.3) is 0 Å². The van der Waals surface area contributed by atoms with E-state index in [1.54, 1.807) is 12.2 Å². The number of amides is 2.